The molecule has 0 amide bonds. The van der Waals surface area contributed by atoms with Crippen molar-refractivity contribution in [3.05, 3.63) is 34.3 Å². The average molecular weight is 298 g/mol. The summed E-state index contributed by atoms with van der Waals surface area (Å²) in [6.45, 7) is 1.61. The van der Waals surface area contributed by atoms with Crippen LogP contribution in [0.3, 0.4) is 0 Å². The van der Waals surface area contributed by atoms with Gasteiger partial charge in [0.1, 0.15) is 6.04 Å². The maximum atomic E-state index is 11.2. The molecule has 0 radical (unpaired) electrons. The predicted octanol–water partition coefficient (Wildman–Crippen LogP) is 2.89. The van der Waals surface area contributed by atoms with Gasteiger partial charge in [-0.25, -0.2) is 0 Å². The molecule has 0 bridgehead atoms. The Balaban J connectivity index is 2.05. The van der Waals surface area contributed by atoms with Gasteiger partial charge in [-0.1, -0.05) is 34.5 Å². The molecule has 1 aromatic rings. The molecule has 92 valence electrons. The standard InChI is InChI=1S/C13H16BrNO2/c14-11-6-4-10(5-7-11)9-15-8-2-1-3-12(15)13(16)17/h4-7,12H,1-3,8-9H2,(H,16,17)/t12-/m0/s1. The molecule has 0 aromatic heterocycles. The Morgan fingerprint density at radius 2 is 2.06 bits per heavy atom. The number of aliphatic carboxylic acids is 1. The van der Waals surface area contributed by atoms with E-state index >= 15 is 0 Å². The van der Waals surface area contributed by atoms with Gasteiger partial charge >= 0.3 is 5.97 Å². The number of carboxylic acid groups (broad SMARTS) is 1. The quantitative estimate of drug-likeness (QED) is 0.933. The molecule has 0 unspecified atom stereocenters. The van der Waals surface area contributed by atoms with E-state index in [1.54, 1.807) is 0 Å². The first kappa shape index (κ1) is 12.6. The molecule has 3 nitrogen and oxygen atoms in total. The van der Waals surface area contributed by atoms with E-state index in [2.05, 4.69) is 20.8 Å². The second-order valence-electron chi connectivity index (χ2n) is 4.45. The molecule has 0 aliphatic carbocycles. The van der Waals surface area contributed by atoms with Crippen LogP contribution < -0.4 is 0 Å². The molecule has 17 heavy (non-hydrogen) atoms. The number of likely N-dealkylation sites (tertiary alicyclic amines) is 1. The van der Waals surface area contributed by atoms with Gasteiger partial charge in [0.05, 0.1) is 0 Å². The summed E-state index contributed by atoms with van der Waals surface area (Å²) in [5.74, 6) is -0.693. The van der Waals surface area contributed by atoms with Crippen LogP contribution in [-0.4, -0.2) is 28.6 Å². The zero-order chi connectivity index (χ0) is 12.3. The Hall–Kier alpha value is -0.870. The number of carboxylic acids is 1. The highest BCUT2D eigenvalue weighted by Crippen LogP contribution is 2.20. The summed E-state index contributed by atoms with van der Waals surface area (Å²) < 4.78 is 1.05. The van der Waals surface area contributed by atoms with Crippen molar-refractivity contribution in [2.45, 2.75) is 31.8 Å². The molecule has 2 rings (SSSR count). The summed E-state index contributed by atoms with van der Waals surface area (Å²) in [4.78, 5) is 13.2. The SMILES string of the molecule is O=C(O)[C@@H]1CCCCN1Cc1ccc(Br)cc1. The molecule has 1 aliphatic rings. The lowest BCUT2D eigenvalue weighted by molar-refractivity contribution is -0.144. The number of carbonyl (C=O) groups is 1. The van der Waals surface area contributed by atoms with Crippen LogP contribution in [0.5, 0.6) is 0 Å². The smallest absolute Gasteiger partial charge is 0.320 e. The lowest BCUT2D eigenvalue weighted by Gasteiger charge is -2.32. The van der Waals surface area contributed by atoms with Crippen LogP contribution in [0.2, 0.25) is 0 Å². The van der Waals surface area contributed by atoms with E-state index in [9.17, 15) is 9.90 Å². The highest BCUT2D eigenvalue weighted by Gasteiger charge is 2.27. The summed E-state index contributed by atoms with van der Waals surface area (Å²) in [6, 6.07) is 7.76. The normalized spacial score (nSPS) is 21.4. The predicted molar refractivity (Wildman–Crippen MR) is 69.8 cm³/mol. The van der Waals surface area contributed by atoms with Crippen molar-refractivity contribution >= 4 is 21.9 Å². The number of benzene rings is 1. The second-order valence-corrected chi connectivity index (χ2v) is 5.36. The third-order valence-corrected chi connectivity index (χ3v) is 3.73. The first-order chi connectivity index (χ1) is 8.16. The van der Waals surface area contributed by atoms with Crippen molar-refractivity contribution in [2.24, 2.45) is 0 Å². The lowest BCUT2D eigenvalue weighted by atomic mass is 10.0. The Labute approximate surface area is 110 Å². The van der Waals surface area contributed by atoms with Crippen LogP contribution in [-0.2, 0) is 11.3 Å². The molecule has 1 fully saturated rings. The van der Waals surface area contributed by atoms with Gasteiger partial charge in [-0.05, 0) is 37.1 Å². The third kappa shape index (κ3) is 3.30. The fraction of sp³-hybridized carbons (Fsp3) is 0.462. The molecule has 1 saturated heterocycles. The van der Waals surface area contributed by atoms with Crippen molar-refractivity contribution in [3.8, 4) is 0 Å². The lowest BCUT2D eigenvalue weighted by Crippen LogP contribution is -2.43. The first-order valence-electron chi connectivity index (χ1n) is 5.88. The molecule has 1 aliphatic heterocycles. The van der Waals surface area contributed by atoms with Gasteiger partial charge in [-0.3, -0.25) is 9.69 Å². The number of piperidine rings is 1. The van der Waals surface area contributed by atoms with Crippen LogP contribution in [0.1, 0.15) is 24.8 Å². The molecule has 1 atom stereocenters. The van der Waals surface area contributed by atoms with Gasteiger partial charge in [0.25, 0.3) is 0 Å². The highest BCUT2D eigenvalue weighted by atomic mass is 79.9. The molecule has 4 heteroatoms. The number of rotatable bonds is 3. The number of halogens is 1. The zero-order valence-corrected chi connectivity index (χ0v) is 11.2. The fourth-order valence-electron chi connectivity index (χ4n) is 2.28. The fourth-order valence-corrected chi connectivity index (χ4v) is 2.55. The van der Waals surface area contributed by atoms with Gasteiger partial charge in [0, 0.05) is 11.0 Å². The van der Waals surface area contributed by atoms with Crippen molar-refractivity contribution in [2.75, 3.05) is 6.54 Å². The van der Waals surface area contributed by atoms with Gasteiger partial charge in [0.15, 0.2) is 0 Å². The maximum Gasteiger partial charge on any atom is 0.320 e. The largest absolute Gasteiger partial charge is 0.480 e. The number of hydrogen-bond donors (Lipinski definition) is 1. The van der Waals surface area contributed by atoms with Gasteiger partial charge < -0.3 is 5.11 Å². The van der Waals surface area contributed by atoms with Crippen LogP contribution in [0, 0.1) is 0 Å². The van der Waals surface area contributed by atoms with Crippen molar-refractivity contribution < 1.29 is 9.90 Å². The summed E-state index contributed by atoms with van der Waals surface area (Å²) in [5, 5.41) is 9.18. The van der Waals surface area contributed by atoms with Crippen LogP contribution in [0.15, 0.2) is 28.7 Å². The van der Waals surface area contributed by atoms with Crippen LogP contribution >= 0.6 is 15.9 Å². The summed E-state index contributed by atoms with van der Waals surface area (Å²) in [6.07, 6.45) is 2.89. The molecular formula is C13H16BrNO2. The minimum atomic E-state index is -0.693. The molecule has 1 aromatic carbocycles. The molecule has 1 heterocycles. The second kappa shape index (κ2) is 5.65. The van der Waals surface area contributed by atoms with E-state index in [0.29, 0.717) is 0 Å². The molecule has 0 spiro atoms. The van der Waals surface area contributed by atoms with E-state index in [-0.39, 0.29) is 6.04 Å². The van der Waals surface area contributed by atoms with Gasteiger partial charge in [0.2, 0.25) is 0 Å². The van der Waals surface area contributed by atoms with E-state index < -0.39 is 5.97 Å². The highest BCUT2D eigenvalue weighted by molar-refractivity contribution is 9.10. The molecular weight excluding hydrogens is 282 g/mol. The molecule has 1 N–H and O–H groups in total. The first-order valence-corrected chi connectivity index (χ1v) is 6.67. The Morgan fingerprint density at radius 3 is 2.71 bits per heavy atom. The van der Waals surface area contributed by atoms with Crippen molar-refractivity contribution in [3.63, 3.8) is 0 Å². The van der Waals surface area contributed by atoms with Gasteiger partial charge in [-0.15, -0.1) is 0 Å². The zero-order valence-electron chi connectivity index (χ0n) is 9.60. The van der Waals surface area contributed by atoms with Gasteiger partial charge in [-0.2, -0.15) is 0 Å². The minimum Gasteiger partial charge on any atom is -0.480 e. The summed E-state index contributed by atoms with van der Waals surface area (Å²) >= 11 is 3.40. The van der Waals surface area contributed by atoms with E-state index in [1.165, 1.54) is 5.56 Å². The monoisotopic (exact) mass is 297 g/mol. The number of nitrogens with zero attached hydrogens (tertiary/aromatic N) is 1. The summed E-state index contributed by atoms with van der Waals surface area (Å²) in [5.41, 5.74) is 1.17. The molecule has 0 saturated carbocycles. The van der Waals surface area contributed by atoms with E-state index in [0.717, 1.165) is 36.8 Å². The van der Waals surface area contributed by atoms with E-state index in [4.69, 9.17) is 0 Å². The maximum absolute atomic E-state index is 11.2. The third-order valence-electron chi connectivity index (χ3n) is 3.20. The van der Waals surface area contributed by atoms with Crippen LogP contribution in [0.25, 0.3) is 0 Å². The van der Waals surface area contributed by atoms with E-state index in [1.807, 2.05) is 24.3 Å². The van der Waals surface area contributed by atoms with Crippen molar-refractivity contribution in [1.29, 1.82) is 0 Å². The average Bonchev–Trinajstić information content (AvgIpc) is 2.32. The van der Waals surface area contributed by atoms with Crippen LogP contribution in [0.4, 0.5) is 0 Å². The Morgan fingerprint density at radius 1 is 1.35 bits per heavy atom. The topological polar surface area (TPSA) is 40.5 Å². The Bertz CT molecular complexity index is 391. The number of hydrogen-bond acceptors (Lipinski definition) is 2. The minimum absolute atomic E-state index is 0.313. The van der Waals surface area contributed by atoms with Crippen molar-refractivity contribution in [1.82, 2.24) is 4.90 Å². The summed E-state index contributed by atoms with van der Waals surface area (Å²) in [7, 11) is 0. The Kier molecular flexibility index (Phi) is 4.18.